The van der Waals surface area contributed by atoms with E-state index in [1.807, 2.05) is 0 Å². The topological polar surface area (TPSA) is 57.7 Å². The van der Waals surface area contributed by atoms with Crippen LogP contribution in [0.2, 0.25) is 0 Å². The zero-order valence-corrected chi connectivity index (χ0v) is 17.7. The Bertz CT molecular complexity index is 1110. The molecule has 5 rings (SSSR count). The van der Waals surface area contributed by atoms with Gasteiger partial charge in [-0.2, -0.15) is 13.2 Å². The predicted molar refractivity (Wildman–Crippen MR) is 111 cm³/mol. The van der Waals surface area contributed by atoms with Gasteiger partial charge in [-0.05, 0) is 43.2 Å². The molecule has 2 aromatic carbocycles. The van der Waals surface area contributed by atoms with Gasteiger partial charge in [-0.25, -0.2) is 0 Å². The van der Waals surface area contributed by atoms with Crippen LogP contribution in [0.5, 0.6) is 0 Å². The molecule has 0 N–H and O–H groups in total. The monoisotopic (exact) mass is 460 g/mol. The van der Waals surface area contributed by atoms with E-state index in [1.54, 1.807) is 24.3 Å². The minimum absolute atomic E-state index is 0.102. The molecule has 5 nitrogen and oxygen atoms in total. The van der Waals surface area contributed by atoms with Gasteiger partial charge in [0.05, 0.1) is 28.8 Å². The van der Waals surface area contributed by atoms with Crippen LogP contribution in [0.15, 0.2) is 52.3 Å². The first-order valence-electron chi connectivity index (χ1n) is 10.4. The summed E-state index contributed by atoms with van der Waals surface area (Å²) in [6.45, 7) is -0.487. The molecule has 3 amide bonds. The molecule has 2 aliphatic heterocycles. The van der Waals surface area contributed by atoms with Crippen LogP contribution in [0.1, 0.15) is 31.2 Å². The molecule has 0 bridgehead atoms. The molecule has 0 aromatic heterocycles. The normalized spacial score (nSPS) is 22.5. The summed E-state index contributed by atoms with van der Waals surface area (Å²) in [7, 11) is 0. The number of carbonyl (C=O) groups is 3. The number of carbonyl (C=O) groups excluding carboxylic acids is 3. The summed E-state index contributed by atoms with van der Waals surface area (Å²) in [5, 5.41) is 0. The first kappa shape index (κ1) is 21.1. The fourth-order valence-corrected chi connectivity index (χ4v) is 5.83. The SMILES string of the molecule is O=C1[C@@H]2CCCC[C@H]2C(=O)N1CC(=O)N1c2ccccc2Sc2ccc(C(F)(F)F)cc21. The number of hydrogen-bond acceptors (Lipinski definition) is 4. The number of imide groups is 1. The van der Waals surface area contributed by atoms with Gasteiger partial charge >= 0.3 is 6.18 Å². The molecule has 9 heteroatoms. The standard InChI is InChI=1S/C23H19F3N2O3S/c24-23(25,26)13-9-10-19-17(11-13)28(16-7-3-4-8-18(16)32-19)20(29)12-27-21(30)14-5-1-2-6-15(14)22(27)31/h3-4,7-11,14-15H,1-2,5-6,12H2/t14-,15-/m1/s1. The molecule has 1 aliphatic carbocycles. The quantitative estimate of drug-likeness (QED) is 0.592. The molecular formula is C23H19F3N2O3S. The van der Waals surface area contributed by atoms with Gasteiger partial charge in [-0.1, -0.05) is 36.7 Å². The zero-order chi connectivity index (χ0) is 22.6. The van der Waals surface area contributed by atoms with Crippen LogP contribution < -0.4 is 4.90 Å². The second-order valence-electron chi connectivity index (χ2n) is 8.24. The van der Waals surface area contributed by atoms with E-state index in [-0.39, 0.29) is 17.5 Å². The minimum atomic E-state index is -4.57. The summed E-state index contributed by atoms with van der Waals surface area (Å²) in [6, 6.07) is 10.2. The maximum absolute atomic E-state index is 13.4. The third-order valence-electron chi connectivity index (χ3n) is 6.33. The number of benzene rings is 2. The average molecular weight is 460 g/mol. The summed E-state index contributed by atoms with van der Waals surface area (Å²) in [4.78, 5) is 42.5. The Labute approximate surface area is 186 Å². The lowest BCUT2D eigenvalue weighted by Gasteiger charge is -2.32. The molecule has 0 spiro atoms. The molecule has 3 aliphatic rings. The molecule has 2 fully saturated rings. The highest BCUT2D eigenvalue weighted by Crippen LogP contribution is 2.49. The average Bonchev–Trinajstić information content (AvgIpc) is 3.01. The minimum Gasteiger partial charge on any atom is -0.277 e. The lowest BCUT2D eigenvalue weighted by Crippen LogP contribution is -2.42. The van der Waals surface area contributed by atoms with E-state index in [4.69, 9.17) is 0 Å². The number of rotatable bonds is 2. The van der Waals surface area contributed by atoms with Gasteiger partial charge < -0.3 is 0 Å². The van der Waals surface area contributed by atoms with E-state index in [0.29, 0.717) is 28.3 Å². The van der Waals surface area contributed by atoms with Crippen molar-refractivity contribution in [1.29, 1.82) is 0 Å². The van der Waals surface area contributed by atoms with Gasteiger partial charge in [0.25, 0.3) is 5.91 Å². The Morgan fingerprint density at radius 1 is 0.938 bits per heavy atom. The Balaban J connectivity index is 1.52. The summed E-state index contributed by atoms with van der Waals surface area (Å²) in [5.41, 5.74) is -0.329. The molecule has 166 valence electrons. The highest BCUT2D eigenvalue weighted by Gasteiger charge is 2.49. The number of halogens is 3. The second kappa shape index (κ2) is 7.65. The Kier molecular flexibility index (Phi) is 5.03. The number of fused-ring (bicyclic) bond motifs is 3. The van der Waals surface area contributed by atoms with Crippen molar-refractivity contribution >= 4 is 40.9 Å². The van der Waals surface area contributed by atoms with Gasteiger partial charge in [0.15, 0.2) is 0 Å². The van der Waals surface area contributed by atoms with Gasteiger partial charge in [0.1, 0.15) is 6.54 Å². The molecule has 2 aromatic rings. The maximum Gasteiger partial charge on any atom is 0.416 e. The van der Waals surface area contributed by atoms with E-state index in [1.165, 1.54) is 22.7 Å². The Morgan fingerprint density at radius 2 is 1.56 bits per heavy atom. The van der Waals surface area contributed by atoms with Crippen LogP contribution >= 0.6 is 11.8 Å². The fraction of sp³-hybridized carbons (Fsp3) is 0.348. The van der Waals surface area contributed by atoms with Crippen molar-refractivity contribution in [2.45, 2.75) is 41.7 Å². The first-order valence-corrected chi connectivity index (χ1v) is 11.2. The first-order chi connectivity index (χ1) is 15.3. The van der Waals surface area contributed by atoms with Crippen LogP contribution in [0.3, 0.4) is 0 Å². The molecule has 0 unspecified atom stereocenters. The zero-order valence-electron chi connectivity index (χ0n) is 16.9. The Hall–Kier alpha value is -2.81. The summed E-state index contributed by atoms with van der Waals surface area (Å²) in [5.74, 6) is -2.10. The van der Waals surface area contributed by atoms with Crippen molar-refractivity contribution in [2.24, 2.45) is 11.8 Å². The van der Waals surface area contributed by atoms with Crippen molar-refractivity contribution in [1.82, 2.24) is 4.90 Å². The van der Waals surface area contributed by atoms with Crippen molar-refractivity contribution in [2.75, 3.05) is 11.4 Å². The lowest BCUT2D eigenvalue weighted by atomic mass is 9.81. The van der Waals surface area contributed by atoms with Crippen molar-refractivity contribution in [3.05, 3.63) is 48.0 Å². The lowest BCUT2D eigenvalue weighted by molar-refractivity contribution is -0.143. The number of anilines is 2. The van der Waals surface area contributed by atoms with Gasteiger partial charge in [0, 0.05) is 9.79 Å². The van der Waals surface area contributed by atoms with E-state index >= 15 is 0 Å². The van der Waals surface area contributed by atoms with Gasteiger partial charge in [-0.15, -0.1) is 0 Å². The van der Waals surface area contributed by atoms with Crippen LogP contribution in [0.25, 0.3) is 0 Å². The van der Waals surface area contributed by atoms with Gasteiger partial charge in [0.2, 0.25) is 11.8 Å². The van der Waals surface area contributed by atoms with E-state index in [0.717, 1.165) is 29.9 Å². The third-order valence-corrected chi connectivity index (χ3v) is 7.46. The summed E-state index contributed by atoms with van der Waals surface area (Å²) in [6.07, 6.45) is -1.58. The number of likely N-dealkylation sites (tertiary alicyclic amines) is 1. The predicted octanol–water partition coefficient (Wildman–Crippen LogP) is 5.01. The maximum atomic E-state index is 13.4. The smallest absolute Gasteiger partial charge is 0.277 e. The molecule has 0 radical (unpaired) electrons. The largest absolute Gasteiger partial charge is 0.416 e. The Morgan fingerprint density at radius 3 is 2.22 bits per heavy atom. The highest BCUT2D eigenvalue weighted by atomic mass is 32.2. The highest BCUT2D eigenvalue weighted by molar-refractivity contribution is 7.99. The van der Waals surface area contributed by atoms with E-state index < -0.39 is 36.0 Å². The van der Waals surface area contributed by atoms with Crippen LogP contribution in [0.4, 0.5) is 24.5 Å². The molecule has 1 saturated carbocycles. The molecule has 2 heterocycles. The van der Waals surface area contributed by atoms with Crippen molar-refractivity contribution in [3.8, 4) is 0 Å². The van der Waals surface area contributed by atoms with Crippen molar-refractivity contribution < 1.29 is 27.6 Å². The number of nitrogens with zero attached hydrogens (tertiary/aromatic N) is 2. The van der Waals surface area contributed by atoms with Gasteiger partial charge in [-0.3, -0.25) is 24.2 Å². The number of hydrogen-bond donors (Lipinski definition) is 0. The fourth-order valence-electron chi connectivity index (χ4n) is 4.79. The van der Waals surface area contributed by atoms with E-state index in [9.17, 15) is 27.6 Å². The number of alkyl halides is 3. The number of para-hydroxylation sites is 1. The molecule has 2 atom stereocenters. The molecule has 32 heavy (non-hydrogen) atoms. The third kappa shape index (κ3) is 3.39. The van der Waals surface area contributed by atoms with E-state index in [2.05, 4.69) is 0 Å². The molecule has 1 saturated heterocycles. The van der Waals surface area contributed by atoms with Crippen LogP contribution in [-0.2, 0) is 20.6 Å². The van der Waals surface area contributed by atoms with Crippen LogP contribution in [0, 0.1) is 11.8 Å². The second-order valence-corrected chi connectivity index (χ2v) is 9.32. The summed E-state index contributed by atoms with van der Waals surface area (Å²) >= 11 is 1.27. The number of amides is 3. The molecular weight excluding hydrogens is 441 g/mol. The summed E-state index contributed by atoms with van der Waals surface area (Å²) < 4.78 is 40.1. The van der Waals surface area contributed by atoms with Crippen molar-refractivity contribution in [3.63, 3.8) is 0 Å². The van der Waals surface area contributed by atoms with Crippen LogP contribution in [-0.4, -0.2) is 29.2 Å².